The molecule has 2 saturated carbocycles. The van der Waals surface area contributed by atoms with Gasteiger partial charge in [0, 0.05) is 6.04 Å². The Morgan fingerprint density at radius 1 is 1.05 bits per heavy atom. The molecule has 116 valence electrons. The van der Waals surface area contributed by atoms with Crippen LogP contribution in [0.15, 0.2) is 0 Å². The van der Waals surface area contributed by atoms with Crippen molar-refractivity contribution in [2.24, 2.45) is 5.92 Å². The SMILES string of the molecule is Cl.O=C(N[C@@H]1CCCC[C@H]1O)C1CC2CCCCC2N1. The van der Waals surface area contributed by atoms with Crippen molar-refractivity contribution in [3.8, 4) is 0 Å². The summed E-state index contributed by atoms with van der Waals surface area (Å²) in [5, 5.41) is 16.5. The van der Waals surface area contributed by atoms with Gasteiger partial charge >= 0.3 is 0 Å². The molecule has 4 nitrogen and oxygen atoms in total. The smallest absolute Gasteiger partial charge is 0.237 e. The number of aliphatic hydroxyl groups excluding tert-OH is 1. The molecule has 2 aliphatic carbocycles. The number of nitrogens with one attached hydrogen (secondary N) is 2. The predicted octanol–water partition coefficient (Wildman–Crippen LogP) is 1.75. The molecule has 3 rings (SSSR count). The van der Waals surface area contributed by atoms with Crippen LogP contribution in [-0.4, -0.2) is 35.2 Å². The first-order valence-corrected chi connectivity index (χ1v) is 7.98. The molecular formula is C15H27ClN2O2. The first kappa shape index (κ1) is 16.1. The number of fused-ring (bicyclic) bond motifs is 1. The first-order valence-electron chi connectivity index (χ1n) is 7.98. The summed E-state index contributed by atoms with van der Waals surface area (Å²) in [5.41, 5.74) is 0. The molecule has 0 aromatic rings. The minimum absolute atomic E-state index is 0. The lowest BCUT2D eigenvalue weighted by atomic mass is 9.85. The number of aliphatic hydroxyl groups is 1. The largest absolute Gasteiger partial charge is 0.391 e. The molecule has 0 bridgehead atoms. The van der Waals surface area contributed by atoms with Crippen LogP contribution in [0.3, 0.4) is 0 Å². The Morgan fingerprint density at radius 3 is 2.50 bits per heavy atom. The number of halogens is 1. The molecule has 3 fully saturated rings. The highest BCUT2D eigenvalue weighted by atomic mass is 35.5. The minimum Gasteiger partial charge on any atom is -0.391 e. The van der Waals surface area contributed by atoms with Crippen molar-refractivity contribution in [2.45, 2.75) is 82.0 Å². The molecule has 0 aromatic heterocycles. The van der Waals surface area contributed by atoms with Gasteiger partial charge in [0.15, 0.2) is 0 Å². The normalized spacial score (nSPS) is 40.5. The molecule has 20 heavy (non-hydrogen) atoms. The quantitative estimate of drug-likeness (QED) is 0.728. The van der Waals surface area contributed by atoms with E-state index in [1.165, 1.54) is 25.7 Å². The monoisotopic (exact) mass is 302 g/mol. The number of carbonyl (C=O) groups excluding carboxylic acids is 1. The Balaban J connectivity index is 0.00000147. The van der Waals surface area contributed by atoms with Gasteiger partial charge in [-0.1, -0.05) is 25.7 Å². The second-order valence-corrected chi connectivity index (χ2v) is 6.57. The highest BCUT2D eigenvalue weighted by molar-refractivity contribution is 5.85. The van der Waals surface area contributed by atoms with Crippen molar-refractivity contribution >= 4 is 18.3 Å². The minimum atomic E-state index is -0.346. The molecule has 5 atom stereocenters. The zero-order valence-corrected chi connectivity index (χ0v) is 12.8. The molecule has 3 N–H and O–H groups in total. The number of rotatable bonds is 2. The van der Waals surface area contributed by atoms with Crippen LogP contribution >= 0.6 is 12.4 Å². The highest BCUT2D eigenvalue weighted by Gasteiger charge is 2.39. The Hall–Kier alpha value is -0.320. The Bertz CT molecular complexity index is 326. The number of hydrogen-bond donors (Lipinski definition) is 3. The van der Waals surface area contributed by atoms with E-state index >= 15 is 0 Å². The van der Waals surface area contributed by atoms with Gasteiger partial charge in [-0.3, -0.25) is 4.79 Å². The summed E-state index contributed by atoms with van der Waals surface area (Å²) in [7, 11) is 0. The molecule has 0 radical (unpaired) electrons. The van der Waals surface area contributed by atoms with E-state index in [1.807, 2.05) is 0 Å². The van der Waals surface area contributed by atoms with Gasteiger partial charge in [0.05, 0.1) is 18.2 Å². The summed E-state index contributed by atoms with van der Waals surface area (Å²) in [6.07, 6.45) is 9.70. The average Bonchev–Trinajstić information content (AvgIpc) is 2.85. The maximum absolute atomic E-state index is 12.3. The molecule has 1 heterocycles. The van der Waals surface area contributed by atoms with Crippen LogP contribution in [0.2, 0.25) is 0 Å². The van der Waals surface area contributed by atoms with Gasteiger partial charge in [-0.15, -0.1) is 12.4 Å². The van der Waals surface area contributed by atoms with Crippen LogP contribution in [-0.2, 0) is 4.79 Å². The van der Waals surface area contributed by atoms with Crippen LogP contribution in [0.4, 0.5) is 0 Å². The number of hydrogen-bond acceptors (Lipinski definition) is 3. The summed E-state index contributed by atoms with van der Waals surface area (Å²) in [5.74, 6) is 0.807. The van der Waals surface area contributed by atoms with Crippen molar-refractivity contribution in [2.75, 3.05) is 0 Å². The molecule has 1 aliphatic heterocycles. The number of carbonyl (C=O) groups is 1. The van der Waals surface area contributed by atoms with E-state index in [1.54, 1.807) is 0 Å². The Morgan fingerprint density at radius 2 is 1.75 bits per heavy atom. The lowest BCUT2D eigenvalue weighted by Crippen LogP contribution is -2.51. The fourth-order valence-corrected chi connectivity index (χ4v) is 4.08. The zero-order valence-electron chi connectivity index (χ0n) is 12.0. The molecule has 3 aliphatic rings. The van der Waals surface area contributed by atoms with Gasteiger partial charge in [0.2, 0.25) is 5.91 Å². The third-order valence-corrected chi connectivity index (χ3v) is 5.24. The fourth-order valence-electron chi connectivity index (χ4n) is 4.08. The summed E-state index contributed by atoms with van der Waals surface area (Å²) < 4.78 is 0. The summed E-state index contributed by atoms with van der Waals surface area (Å²) in [6.45, 7) is 0. The van der Waals surface area contributed by atoms with Crippen LogP contribution < -0.4 is 10.6 Å². The van der Waals surface area contributed by atoms with Gasteiger partial charge in [-0.05, 0) is 38.0 Å². The molecule has 0 spiro atoms. The van der Waals surface area contributed by atoms with E-state index in [0.717, 1.165) is 32.1 Å². The maximum Gasteiger partial charge on any atom is 0.237 e. The van der Waals surface area contributed by atoms with Crippen LogP contribution in [0.1, 0.15) is 57.8 Å². The van der Waals surface area contributed by atoms with Gasteiger partial charge in [0.1, 0.15) is 0 Å². The van der Waals surface area contributed by atoms with Crippen molar-refractivity contribution in [1.82, 2.24) is 10.6 Å². The van der Waals surface area contributed by atoms with Crippen molar-refractivity contribution < 1.29 is 9.90 Å². The molecular weight excluding hydrogens is 276 g/mol. The first-order chi connectivity index (χ1) is 9.24. The lowest BCUT2D eigenvalue weighted by molar-refractivity contribution is -0.124. The zero-order chi connectivity index (χ0) is 13.2. The van der Waals surface area contributed by atoms with Gasteiger partial charge in [-0.2, -0.15) is 0 Å². The topological polar surface area (TPSA) is 61.4 Å². The summed E-state index contributed by atoms with van der Waals surface area (Å²) in [4.78, 5) is 12.3. The van der Waals surface area contributed by atoms with Crippen LogP contribution in [0.5, 0.6) is 0 Å². The summed E-state index contributed by atoms with van der Waals surface area (Å²) >= 11 is 0. The average molecular weight is 303 g/mol. The molecule has 1 saturated heterocycles. The predicted molar refractivity (Wildman–Crippen MR) is 80.9 cm³/mol. The van der Waals surface area contributed by atoms with E-state index in [9.17, 15) is 9.90 Å². The van der Waals surface area contributed by atoms with Crippen molar-refractivity contribution in [3.05, 3.63) is 0 Å². The van der Waals surface area contributed by atoms with E-state index in [-0.39, 0.29) is 36.5 Å². The van der Waals surface area contributed by atoms with Crippen molar-refractivity contribution in [1.29, 1.82) is 0 Å². The van der Waals surface area contributed by atoms with Crippen LogP contribution in [0, 0.1) is 5.92 Å². The van der Waals surface area contributed by atoms with E-state index < -0.39 is 0 Å². The van der Waals surface area contributed by atoms with Crippen LogP contribution in [0.25, 0.3) is 0 Å². The molecule has 3 unspecified atom stereocenters. The third kappa shape index (κ3) is 3.46. The summed E-state index contributed by atoms with van der Waals surface area (Å²) in [6, 6.07) is 0.508. The fraction of sp³-hybridized carbons (Fsp3) is 0.933. The molecule has 0 aromatic carbocycles. The van der Waals surface area contributed by atoms with Gasteiger partial charge in [0.25, 0.3) is 0 Å². The lowest BCUT2D eigenvalue weighted by Gasteiger charge is -2.29. The Labute approximate surface area is 127 Å². The highest BCUT2D eigenvalue weighted by Crippen LogP contribution is 2.33. The molecule has 5 heteroatoms. The standard InChI is InChI=1S/C15H26N2O2.ClH/c18-14-8-4-3-7-12(14)17-15(19)13-9-10-5-1-2-6-11(10)16-13;/h10-14,16,18H,1-9H2,(H,17,19);1H/t10?,11?,12-,13?,14-;/m1./s1. The third-order valence-electron chi connectivity index (χ3n) is 5.24. The van der Waals surface area contributed by atoms with Gasteiger partial charge < -0.3 is 15.7 Å². The Kier molecular flexibility index (Phi) is 5.70. The maximum atomic E-state index is 12.3. The van der Waals surface area contributed by atoms with E-state index in [2.05, 4.69) is 10.6 Å². The number of amides is 1. The second-order valence-electron chi connectivity index (χ2n) is 6.57. The molecule has 1 amide bonds. The second kappa shape index (κ2) is 7.10. The van der Waals surface area contributed by atoms with E-state index in [4.69, 9.17) is 0 Å². The van der Waals surface area contributed by atoms with E-state index in [0.29, 0.717) is 12.0 Å². The van der Waals surface area contributed by atoms with Gasteiger partial charge in [-0.25, -0.2) is 0 Å². The van der Waals surface area contributed by atoms with Crippen molar-refractivity contribution in [3.63, 3.8) is 0 Å².